The van der Waals surface area contributed by atoms with Gasteiger partial charge in [-0.05, 0) is 67.6 Å². The Kier molecular flexibility index (Phi) is 7.63. The number of benzene rings is 2. The zero-order valence-electron chi connectivity index (χ0n) is 22.2. The highest BCUT2D eigenvalue weighted by Crippen LogP contribution is 2.33. The van der Waals surface area contributed by atoms with Crippen molar-refractivity contribution in [3.05, 3.63) is 98.0 Å². The summed E-state index contributed by atoms with van der Waals surface area (Å²) >= 11 is 1.53. The monoisotopic (exact) mass is 546 g/mol. The SMILES string of the molecule is Cc1ccc(C(=O)N(CCCN)C(c2nc3c(oc4ccc(F)cc43)c(=O)n2Cc2cccs2)C(C)C)cc1. The molecule has 1 unspecified atom stereocenters. The Labute approximate surface area is 229 Å². The van der Waals surface area contributed by atoms with Crippen LogP contribution in [-0.4, -0.2) is 33.4 Å². The quantitative estimate of drug-likeness (QED) is 0.249. The molecule has 0 bridgehead atoms. The number of thiophene rings is 1. The number of nitrogens with two attached hydrogens (primary N) is 1. The first-order valence-corrected chi connectivity index (χ1v) is 13.9. The Morgan fingerprint density at radius 2 is 1.95 bits per heavy atom. The van der Waals surface area contributed by atoms with E-state index in [9.17, 15) is 14.0 Å². The number of fused-ring (bicyclic) bond motifs is 3. The minimum Gasteiger partial charge on any atom is -0.448 e. The molecule has 3 heterocycles. The molecule has 0 fully saturated rings. The molecule has 0 saturated heterocycles. The third-order valence-corrected chi connectivity index (χ3v) is 7.72. The van der Waals surface area contributed by atoms with Crippen LogP contribution in [0.5, 0.6) is 0 Å². The van der Waals surface area contributed by atoms with Gasteiger partial charge < -0.3 is 15.1 Å². The fraction of sp³-hybridized carbons (Fsp3) is 0.300. The van der Waals surface area contributed by atoms with Crippen LogP contribution in [0, 0.1) is 18.7 Å². The number of hydrogen-bond donors (Lipinski definition) is 1. The maximum atomic E-state index is 14.2. The van der Waals surface area contributed by atoms with Crippen molar-refractivity contribution in [1.29, 1.82) is 0 Å². The van der Waals surface area contributed by atoms with Gasteiger partial charge in [-0.15, -0.1) is 11.3 Å². The van der Waals surface area contributed by atoms with E-state index in [-0.39, 0.29) is 29.5 Å². The van der Waals surface area contributed by atoms with E-state index >= 15 is 0 Å². The van der Waals surface area contributed by atoms with E-state index in [2.05, 4.69) is 0 Å². The minimum absolute atomic E-state index is 0.0665. The first kappa shape index (κ1) is 26.8. The second-order valence-corrected chi connectivity index (χ2v) is 11.1. The summed E-state index contributed by atoms with van der Waals surface area (Å²) in [5, 5.41) is 2.37. The number of furan rings is 1. The topological polar surface area (TPSA) is 94.4 Å². The number of aromatic nitrogens is 2. The molecule has 0 aliphatic heterocycles. The fourth-order valence-electron chi connectivity index (χ4n) is 4.94. The first-order chi connectivity index (χ1) is 18.8. The fourth-order valence-corrected chi connectivity index (χ4v) is 5.63. The van der Waals surface area contributed by atoms with Gasteiger partial charge in [0.1, 0.15) is 22.7 Å². The molecular weight excluding hydrogens is 515 g/mol. The Morgan fingerprint density at radius 1 is 1.18 bits per heavy atom. The second-order valence-electron chi connectivity index (χ2n) is 10.1. The second kappa shape index (κ2) is 11.1. The molecule has 39 heavy (non-hydrogen) atoms. The normalized spacial score (nSPS) is 12.5. The van der Waals surface area contributed by atoms with Crippen LogP contribution in [0.2, 0.25) is 0 Å². The summed E-state index contributed by atoms with van der Waals surface area (Å²) < 4.78 is 21.7. The van der Waals surface area contributed by atoms with Gasteiger partial charge in [0, 0.05) is 22.4 Å². The van der Waals surface area contributed by atoms with Crippen LogP contribution in [-0.2, 0) is 6.54 Å². The first-order valence-electron chi connectivity index (χ1n) is 13.0. The summed E-state index contributed by atoms with van der Waals surface area (Å²) in [6.45, 7) is 7.04. The molecule has 0 aliphatic carbocycles. The maximum absolute atomic E-state index is 14.2. The van der Waals surface area contributed by atoms with Crippen LogP contribution in [0.15, 0.2) is 69.2 Å². The van der Waals surface area contributed by atoms with Crippen LogP contribution in [0.25, 0.3) is 22.1 Å². The Bertz CT molecular complexity index is 1670. The van der Waals surface area contributed by atoms with Crippen molar-refractivity contribution in [3.8, 4) is 0 Å². The molecule has 1 amide bonds. The summed E-state index contributed by atoms with van der Waals surface area (Å²) in [6, 6.07) is 14.9. The molecule has 7 nitrogen and oxygen atoms in total. The van der Waals surface area contributed by atoms with Gasteiger partial charge in [0.15, 0.2) is 0 Å². The number of rotatable bonds is 9. The molecule has 2 aromatic carbocycles. The van der Waals surface area contributed by atoms with Gasteiger partial charge >= 0.3 is 0 Å². The summed E-state index contributed by atoms with van der Waals surface area (Å²) in [7, 11) is 0. The molecule has 0 saturated carbocycles. The van der Waals surface area contributed by atoms with Crippen LogP contribution >= 0.6 is 11.3 Å². The molecule has 0 aliphatic rings. The highest BCUT2D eigenvalue weighted by molar-refractivity contribution is 7.09. The van der Waals surface area contributed by atoms with Crippen molar-refractivity contribution in [2.75, 3.05) is 13.1 Å². The summed E-state index contributed by atoms with van der Waals surface area (Å²) in [5.74, 6) is -0.288. The third-order valence-electron chi connectivity index (χ3n) is 6.85. The molecule has 0 spiro atoms. The molecule has 2 N–H and O–H groups in total. The number of halogens is 1. The summed E-state index contributed by atoms with van der Waals surface area (Å²) in [5.41, 5.74) is 7.85. The lowest BCUT2D eigenvalue weighted by Gasteiger charge is -2.35. The van der Waals surface area contributed by atoms with Crippen molar-refractivity contribution >= 4 is 39.3 Å². The molecule has 5 rings (SSSR count). The highest BCUT2D eigenvalue weighted by atomic mass is 32.1. The van der Waals surface area contributed by atoms with E-state index in [0.29, 0.717) is 47.4 Å². The van der Waals surface area contributed by atoms with Gasteiger partial charge in [-0.2, -0.15) is 0 Å². The van der Waals surface area contributed by atoms with Crippen LogP contribution in [0.3, 0.4) is 0 Å². The van der Waals surface area contributed by atoms with Crippen molar-refractivity contribution in [2.24, 2.45) is 11.7 Å². The van der Waals surface area contributed by atoms with E-state index < -0.39 is 11.9 Å². The summed E-state index contributed by atoms with van der Waals surface area (Å²) in [4.78, 5) is 35.7. The summed E-state index contributed by atoms with van der Waals surface area (Å²) in [6.07, 6.45) is 0.581. The van der Waals surface area contributed by atoms with Crippen LogP contribution in [0.4, 0.5) is 4.39 Å². The number of hydrogen-bond acceptors (Lipinski definition) is 6. The van der Waals surface area contributed by atoms with Crippen LogP contribution in [0.1, 0.15) is 52.9 Å². The van der Waals surface area contributed by atoms with Crippen LogP contribution < -0.4 is 11.3 Å². The smallest absolute Gasteiger partial charge is 0.297 e. The zero-order valence-corrected chi connectivity index (χ0v) is 23.0. The highest BCUT2D eigenvalue weighted by Gasteiger charge is 2.33. The maximum Gasteiger partial charge on any atom is 0.297 e. The van der Waals surface area contributed by atoms with E-state index in [1.807, 2.05) is 62.5 Å². The third kappa shape index (κ3) is 5.24. The molecule has 3 aromatic heterocycles. The van der Waals surface area contributed by atoms with Crippen molar-refractivity contribution < 1.29 is 13.6 Å². The predicted octanol–water partition coefficient (Wildman–Crippen LogP) is 5.89. The van der Waals surface area contributed by atoms with Crippen molar-refractivity contribution in [2.45, 2.75) is 39.8 Å². The zero-order chi connectivity index (χ0) is 27.7. The van der Waals surface area contributed by atoms with Crippen molar-refractivity contribution in [3.63, 3.8) is 0 Å². The average Bonchev–Trinajstić information content (AvgIpc) is 3.56. The average molecular weight is 547 g/mol. The number of amides is 1. The molecule has 202 valence electrons. The molecule has 5 aromatic rings. The predicted molar refractivity (Wildman–Crippen MR) is 153 cm³/mol. The molecular formula is C30H31FN4O3S. The van der Waals surface area contributed by atoms with Crippen molar-refractivity contribution in [1.82, 2.24) is 14.5 Å². The van der Waals surface area contributed by atoms with E-state index in [1.54, 1.807) is 9.47 Å². The minimum atomic E-state index is -0.555. The number of aryl methyl sites for hydroxylation is 1. The van der Waals surface area contributed by atoms with Gasteiger partial charge in [-0.25, -0.2) is 9.37 Å². The number of carbonyl (C=O) groups is 1. The molecule has 9 heteroatoms. The van der Waals surface area contributed by atoms with E-state index in [4.69, 9.17) is 15.1 Å². The lowest BCUT2D eigenvalue weighted by molar-refractivity contribution is 0.0602. The lowest BCUT2D eigenvalue weighted by Crippen LogP contribution is -2.42. The Balaban J connectivity index is 1.75. The molecule has 0 radical (unpaired) electrons. The Morgan fingerprint density at radius 3 is 2.62 bits per heavy atom. The molecule has 1 atom stereocenters. The van der Waals surface area contributed by atoms with E-state index in [0.717, 1.165) is 10.4 Å². The van der Waals surface area contributed by atoms with Gasteiger partial charge in [0.25, 0.3) is 11.5 Å². The number of nitrogens with zero attached hydrogens (tertiary/aromatic N) is 3. The number of carbonyl (C=O) groups excluding carboxylic acids is 1. The van der Waals surface area contributed by atoms with Gasteiger partial charge in [-0.1, -0.05) is 37.6 Å². The van der Waals surface area contributed by atoms with Gasteiger partial charge in [0.05, 0.1) is 12.6 Å². The van der Waals surface area contributed by atoms with Gasteiger partial charge in [-0.3, -0.25) is 14.2 Å². The Hall–Kier alpha value is -3.82. The van der Waals surface area contributed by atoms with E-state index in [1.165, 1.54) is 29.5 Å². The largest absolute Gasteiger partial charge is 0.448 e. The standard InChI is InChI=1S/C30H31FN4O3S/c1-18(2)26(34(14-5-13-32)29(36)20-9-7-19(3)8-10-20)28-33-25-23-16-21(31)11-12-24(23)38-27(25)30(37)35(28)17-22-6-4-15-39-22/h4,6-12,15-16,18,26H,5,13-14,17,32H2,1-3H3. The lowest BCUT2D eigenvalue weighted by atomic mass is 9.99. The van der Waals surface area contributed by atoms with Gasteiger partial charge in [0.2, 0.25) is 5.58 Å².